The summed E-state index contributed by atoms with van der Waals surface area (Å²) in [5.74, 6) is 0.0376. The molecule has 0 N–H and O–H groups in total. The fourth-order valence-corrected chi connectivity index (χ4v) is 5.99. The highest BCUT2D eigenvalue weighted by Crippen LogP contribution is 2.26. The summed E-state index contributed by atoms with van der Waals surface area (Å²) in [5, 5.41) is 0. The summed E-state index contributed by atoms with van der Waals surface area (Å²) >= 11 is 0. The van der Waals surface area contributed by atoms with Crippen molar-refractivity contribution >= 4 is 20.0 Å². The topological polar surface area (TPSA) is 74.8 Å². The SMILES string of the molecule is CCS(=O)(=O)N1CCN(S(=O)(=O)c2c(C)cc(C)cc2C)CC1. The molecule has 0 saturated carbocycles. The Kier molecular flexibility index (Phi) is 5.20. The number of aryl methyl sites for hydroxylation is 3. The Labute approximate surface area is 139 Å². The van der Waals surface area contributed by atoms with Crippen molar-refractivity contribution in [3.8, 4) is 0 Å². The Morgan fingerprint density at radius 1 is 0.870 bits per heavy atom. The molecule has 1 saturated heterocycles. The molecule has 1 aliphatic heterocycles. The molecule has 0 amide bonds. The molecule has 1 heterocycles. The van der Waals surface area contributed by atoms with E-state index >= 15 is 0 Å². The monoisotopic (exact) mass is 360 g/mol. The van der Waals surface area contributed by atoms with Gasteiger partial charge in [-0.3, -0.25) is 0 Å². The number of nitrogens with zero attached hydrogens (tertiary/aromatic N) is 2. The summed E-state index contributed by atoms with van der Waals surface area (Å²) in [5.41, 5.74) is 2.48. The van der Waals surface area contributed by atoms with Gasteiger partial charge >= 0.3 is 0 Å². The van der Waals surface area contributed by atoms with Crippen molar-refractivity contribution in [3.05, 3.63) is 28.8 Å². The molecule has 1 aromatic rings. The molecular formula is C15H24N2O4S2. The summed E-state index contributed by atoms with van der Waals surface area (Å²) in [6, 6.07) is 3.72. The lowest BCUT2D eigenvalue weighted by molar-refractivity contribution is 0.273. The van der Waals surface area contributed by atoms with Crippen LogP contribution in [0.2, 0.25) is 0 Å². The molecule has 1 fully saturated rings. The average Bonchev–Trinajstić information content (AvgIpc) is 2.46. The Balaban J connectivity index is 2.27. The standard InChI is InChI=1S/C15H24N2O4S2/c1-5-22(18,19)16-6-8-17(9-7-16)23(20,21)15-13(3)10-12(2)11-14(15)4/h10-11H,5-9H2,1-4H3. The van der Waals surface area contributed by atoms with E-state index in [1.807, 2.05) is 19.1 Å². The first kappa shape index (κ1) is 18.4. The van der Waals surface area contributed by atoms with E-state index in [0.29, 0.717) is 4.90 Å². The summed E-state index contributed by atoms with van der Waals surface area (Å²) in [6.45, 7) is 7.92. The molecule has 1 aliphatic rings. The summed E-state index contributed by atoms with van der Waals surface area (Å²) < 4.78 is 52.4. The maximum absolute atomic E-state index is 12.9. The first-order valence-electron chi connectivity index (χ1n) is 7.65. The number of sulfonamides is 2. The third-order valence-corrected chi connectivity index (χ3v) is 8.24. The predicted octanol–water partition coefficient (Wildman–Crippen LogP) is 1.27. The van der Waals surface area contributed by atoms with Gasteiger partial charge in [-0.2, -0.15) is 8.61 Å². The molecule has 0 atom stereocenters. The Bertz CT molecular complexity index is 770. The fraction of sp³-hybridized carbons (Fsp3) is 0.600. The second kappa shape index (κ2) is 6.51. The van der Waals surface area contributed by atoms with Crippen molar-refractivity contribution in [1.29, 1.82) is 0 Å². The maximum atomic E-state index is 12.9. The molecule has 6 nitrogen and oxygen atoms in total. The number of hydrogen-bond acceptors (Lipinski definition) is 4. The summed E-state index contributed by atoms with van der Waals surface area (Å²) in [6.07, 6.45) is 0. The van der Waals surface area contributed by atoms with E-state index in [2.05, 4.69) is 0 Å². The number of rotatable bonds is 4. The lowest BCUT2D eigenvalue weighted by Gasteiger charge is -2.33. The molecule has 130 valence electrons. The molecule has 0 radical (unpaired) electrons. The molecule has 0 bridgehead atoms. The first-order chi connectivity index (χ1) is 10.6. The quantitative estimate of drug-likeness (QED) is 0.810. The molecule has 23 heavy (non-hydrogen) atoms. The molecule has 0 unspecified atom stereocenters. The van der Waals surface area contributed by atoms with Crippen molar-refractivity contribution in [2.75, 3.05) is 31.9 Å². The van der Waals surface area contributed by atoms with Crippen LogP contribution >= 0.6 is 0 Å². The van der Waals surface area contributed by atoms with Crippen molar-refractivity contribution in [1.82, 2.24) is 8.61 Å². The van der Waals surface area contributed by atoms with Crippen LogP contribution < -0.4 is 0 Å². The normalized spacial score (nSPS) is 18.3. The van der Waals surface area contributed by atoms with Gasteiger partial charge in [0.15, 0.2) is 0 Å². The van der Waals surface area contributed by atoms with Gasteiger partial charge in [0, 0.05) is 26.2 Å². The van der Waals surface area contributed by atoms with Gasteiger partial charge in [0.2, 0.25) is 20.0 Å². The van der Waals surface area contributed by atoms with Crippen LogP contribution in [0.3, 0.4) is 0 Å². The van der Waals surface area contributed by atoms with Crippen LogP contribution in [-0.4, -0.2) is 57.4 Å². The Morgan fingerprint density at radius 3 is 1.74 bits per heavy atom. The molecule has 0 spiro atoms. The van der Waals surface area contributed by atoms with Gasteiger partial charge in [0.05, 0.1) is 10.6 Å². The lowest BCUT2D eigenvalue weighted by atomic mass is 10.1. The van der Waals surface area contributed by atoms with Crippen LogP contribution in [0.5, 0.6) is 0 Å². The van der Waals surface area contributed by atoms with E-state index in [0.717, 1.165) is 16.7 Å². The van der Waals surface area contributed by atoms with Crippen LogP contribution in [0.25, 0.3) is 0 Å². The van der Waals surface area contributed by atoms with E-state index < -0.39 is 20.0 Å². The van der Waals surface area contributed by atoms with E-state index in [1.165, 1.54) is 8.61 Å². The highest BCUT2D eigenvalue weighted by Gasteiger charge is 2.33. The minimum Gasteiger partial charge on any atom is -0.212 e. The van der Waals surface area contributed by atoms with Gasteiger partial charge in [-0.15, -0.1) is 0 Å². The minimum absolute atomic E-state index is 0.0376. The first-order valence-corrected chi connectivity index (χ1v) is 10.7. The second-order valence-corrected chi connectivity index (χ2v) is 10.1. The third kappa shape index (κ3) is 3.60. The van der Waals surface area contributed by atoms with Gasteiger partial charge in [-0.25, -0.2) is 16.8 Å². The number of benzene rings is 1. The minimum atomic E-state index is -3.60. The van der Waals surface area contributed by atoms with Crippen molar-refractivity contribution in [3.63, 3.8) is 0 Å². The average molecular weight is 361 g/mol. The maximum Gasteiger partial charge on any atom is 0.243 e. The van der Waals surface area contributed by atoms with Gasteiger partial charge in [-0.1, -0.05) is 17.7 Å². The Morgan fingerprint density at radius 2 is 1.30 bits per heavy atom. The molecular weight excluding hydrogens is 336 g/mol. The fourth-order valence-electron chi connectivity index (χ4n) is 3.07. The van der Waals surface area contributed by atoms with E-state index in [9.17, 15) is 16.8 Å². The summed E-state index contributed by atoms with van der Waals surface area (Å²) in [7, 11) is -6.87. The van der Waals surface area contributed by atoms with Crippen molar-refractivity contribution in [2.24, 2.45) is 0 Å². The predicted molar refractivity (Wildman–Crippen MR) is 90.4 cm³/mol. The van der Waals surface area contributed by atoms with Crippen LogP contribution in [0.15, 0.2) is 17.0 Å². The van der Waals surface area contributed by atoms with Gasteiger partial charge in [0.25, 0.3) is 0 Å². The molecule has 8 heteroatoms. The van der Waals surface area contributed by atoms with Crippen molar-refractivity contribution in [2.45, 2.75) is 32.6 Å². The van der Waals surface area contributed by atoms with Crippen LogP contribution in [-0.2, 0) is 20.0 Å². The number of piperazine rings is 1. The van der Waals surface area contributed by atoms with Crippen LogP contribution in [0.1, 0.15) is 23.6 Å². The zero-order chi connectivity index (χ0) is 17.4. The van der Waals surface area contributed by atoms with Crippen LogP contribution in [0, 0.1) is 20.8 Å². The van der Waals surface area contributed by atoms with Crippen LogP contribution in [0.4, 0.5) is 0 Å². The zero-order valence-electron chi connectivity index (χ0n) is 14.0. The van der Waals surface area contributed by atoms with Gasteiger partial charge in [-0.05, 0) is 38.8 Å². The van der Waals surface area contributed by atoms with Gasteiger partial charge < -0.3 is 0 Å². The smallest absolute Gasteiger partial charge is 0.212 e. The van der Waals surface area contributed by atoms with Crippen molar-refractivity contribution < 1.29 is 16.8 Å². The molecule has 0 aromatic heterocycles. The van der Waals surface area contributed by atoms with E-state index in [-0.39, 0.29) is 31.9 Å². The highest BCUT2D eigenvalue weighted by molar-refractivity contribution is 7.89. The summed E-state index contributed by atoms with van der Waals surface area (Å²) in [4.78, 5) is 0.342. The largest absolute Gasteiger partial charge is 0.243 e. The zero-order valence-corrected chi connectivity index (χ0v) is 15.7. The molecule has 2 rings (SSSR count). The van der Waals surface area contributed by atoms with Gasteiger partial charge in [0.1, 0.15) is 0 Å². The number of hydrogen-bond donors (Lipinski definition) is 0. The molecule has 1 aromatic carbocycles. The van der Waals surface area contributed by atoms with E-state index in [1.54, 1.807) is 20.8 Å². The highest BCUT2D eigenvalue weighted by atomic mass is 32.2. The Hall–Kier alpha value is -0.960. The lowest BCUT2D eigenvalue weighted by Crippen LogP contribution is -2.50. The third-order valence-electron chi connectivity index (χ3n) is 4.16. The second-order valence-electron chi connectivity index (χ2n) is 5.93. The molecule has 0 aliphatic carbocycles. The van der Waals surface area contributed by atoms with E-state index in [4.69, 9.17) is 0 Å².